The smallest absolute Gasteiger partial charge is 0.269 e. The van der Waals surface area contributed by atoms with E-state index in [0.717, 1.165) is 36.5 Å². The first kappa shape index (κ1) is 16.3. The highest BCUT2D eigenvalue weighted by Crippen LogP contribution is 2.33. The Labute approximate surface area is 140 Å². The van der Waals surface area contributed by atoms with Gasteiger partial charge in [-0.2, -0.15) is 0 Å². The summed E-state index contributed by atoms with van der Waals surface area (Å²) in [5, 5.41) is 11.0. The Morgan fingerprint density at radius 1 is 1.25 bits per heavy atom. The number of non-ortho nitro benzene ring substituents is 1. The van der Waals surface area contributed by atoms with Gasteiger partial charge in [0.05, 0.1) is 18.6 Å². The van der Waals surface area contributed by atoms with Crippen molar-refractivity contribution in [3.63, 3.8) is 0 Å². The lowest BCUT2D eigenvalue weighted by atomic mass is 9.97. The van der Waals surface area contributed by atoms with Crippen LogP contribution in [0.3, 0.4) is 0 Å². The van der Waals surface area contributed by atoms with E-state index in [1.54, 1.807) is 26.4 Å². The van der Waals surface area contributed by atoms with Gasteiger partial charge in [-0.05, 0) is 24.1 Å². The molecule has 1 heterocycles. The zero-order valence-corrected chi connectivity index (χ0v) is 13.8. The third-order valence-electron chi connectivity index (χ3n) is 4.36. The molecular weight excluding hydrogens is 308 g/mol. The standard InChI is InChI=1S/C18H20N2O4/c1-23-12-14-10-15(20(21)22)6-7-17(14)19-9-8-16-13(11-19)4-3-5-18(16)24-2/h3-7,10H,8-9,11-12H2,1-2H3. The van der Waals surface area contributed by atoms with Gasteiger partial charge in [-0.25, -0.2) is 0 Å². The van der Waals surface area contributed by atoms with Gasteiger partial charge in [0.15, 0.2) is 0 Å². The van der Waals surface area contributed by atoms with Crippen LogP contribution >= 0.6 is 0 Å². The zero-order valence-electron chi connectivity index (χ0n) is 13.8. The Hall–Kier alpha value is -2.60. The van der Waals surface area contributed by atoms with Crippen molar-refractivity contribution in [2.45, 2.75) is 19.6 Å². The lowest BCUT2D eigenvalue weighted by molar-refractivity contribution is -0.384. The highest BCUT2D eigenvalue weighted by atomic mass is 16.6. The monoisotopic (exact) mass is 328 g/mol. The third-order valence-corrected chi connectivity index (χ3v) is 4.36. The fourth-order valence-corrected chi connectivity index (χ4v) is 3.24. The van der Waals surface area contributed by atoms with Crippen molar-refractivity contribution in [2.24, 2.45) is 0 Å². The van der Waals surface area contributed by atoms with Gasteiger partial charge in [0.2, 0.25) is 0 Å². The molecule has 0 atom stereocenters. The summed E-state index contributed by atoms with van der Waals surface area (Å²) in [4.78, 5) is 12.9. The lowest BCUT2D eigenvalue weighted by Gasteiger charge is -2.32. The van der Waals surface area contributed by atoms with E-state index in [4.69, 9.17) is 9.47 Å². The molecule has 0 saturated heterocycles. The van der Waals surface area contributed by atoms with Gasteiger partial charge in [0, 0.05) is 49.1 Å². The molecule has 0 bridgehead atoms. The summed E-state index contributed by atoms with van der Waals surface area (Å²) in [7, 11) is 3.29. The number of hydrogen-bond acceptors (Lipinski definition) is 5. The third kappa shape index (κ3) is 3.05. The van der Waals surface area contributed by atoms with Crippen LogP contribution in [0.25, 0.3) is 0 Å². The molecule has 0 aliphatic carbocycles. The molecule has 6 heteroatoms. The van der Waals surface area contributed by atoms with Crippen molar-refractivity contribution in [3.8, 4) is 5.75 Å². The van der Waals surface area contributed by atoms with Crippen LogP contribution in [0.15, 0.2) is 36.4 Å². The van der Waals surface area contributed by atoms with Gasteiger partial charge in [-0.15, -0.1) is 0 Å². The second-order valence-electron chi connectivity index (χ2n) is 5.77. The van der Waals surface area contributed by atoms with E-state index in [2.05, 4.69) is 11.0 Å². The maximum absolute atomic E-state index is 11.0. The first-order valence-electron chi connectivity index (χ1n) is 7.80. The molecule has 1 aliphatic rings. The molecule has 24 heavy (non-hydrogen) atoms. The number of methoxy groups -OCH3 is 2. The number of benzene rings is 2. The van der Waals surface area contributed by atoms with Gasteiger partial charge >= 0.3 is 0 Å². The van der Waals surface area contributed by atoms with Crippen molar-refractivity contribution in [1.29, 1.82) is 0 Å². The second kappa shape index (κ2) is 6.88. The molecule has 0 fully saturated rings. The molecule has 0 saturated carbocycles. The highest BCUT2D eigenvalue weighted by Gasteiger charge is 2.22. The molecular formula is C18H20N2O4. The predicted octanol–water partition coefficient (Wildman–Crippen LogP) is 3.31. The summed E-state index contributed by atoms with van der Waals surface area (Å²) < 4.78 is 10.7. The average Bonchev–Trinajstić information content (AvgIpc) is 2.60. The number of nitro benzene ring substituents is 1. The van der Waals surface area contributed by atoms with E-state index in [-0.39, 0.29) is 10.6 Å². The Morgan fingerprint density at radius 3 is 2.79 bits per heavy atom. The topological polar surface area (TPSA) is 64.8 Å². The summed E-state index contributed by atoms with van der Waals surface area (Å²) in [5.41, 5.74) is 4.37. The molecule has 3 rings (SSSR count). The van der Waals surface area contributed by atoms with Crippen molar-refractivity contribution in [1.82, 2.24) is 0 Å². The number of anilines is 1. The molecule has 0 unspecified atom stereocenters. The minimum Gasteiger partial charge on any atom is -0.496 e. The van der Waals surface area contributed by atoms with Crippen LogP contribution in [-0.4, -0.2) is 25.7 Å². The fourth-order valence-electron chi connectivity index (χ4n) is 3.24. The van der Waals surface area contributed by atoms with Crippen molar-refractivity contribution in [2.75, 3.05) is 25.7 Å². The van der Waals surface area contributed by atoms with Crippen molar-refractivity contribution >= 4 is 11.4 Å². The second-order valence-corrected chi connectivity index (χ2v) is 5.77. The van der Waals surface area contributed by atoms with E-state index in [1.165, 1.54) is 11.1 Å². The van der Waals surface area contributed by atoms with Crippen LogP contribution in [0, 0.1) is 10.1 Å². The number of nitro groups is 1. The fraction of sp³-hybridized carbons (Fsp3) is 0.333. The Morgan fingerprint density at radius 2 is 2.08 bits per heavy atom. The van der Waals surface area contributed by atoms with Gasteiger partial charge < -0.3 is 14.4 Å². The van der Waals surface area contributed by atoms with E-state index in [0.29, 0.717) is 6.61 Å². The van der Waals surface area contributed by atoms with Gasteiger partial charge in [0.25, 0.3) is 5.69 Å². The van der Waals surface area contributed by atoms with Crippen LogP contribution in [-0.2, 0) is 24.3 Å². The summed E-state index contributed by atoms with van der Waals surface area (Å²) in [6, 6.07) is 11.0. The number of hydrogen-bond donors (Lipinski definition) is 0. The predicted molar refractivity (Wildman–Crippen MR) is 91.6 cm³/mol. The molecule has 1 aliphatic heterocycles. The molecule has 0 radical (unpaired) electrons. The number of nitrogens with zero attached hydrogens (tertiary/aromatic N) is 2. The van der Waals surface area contributed by atoms with Crippen LogP contribution < -0.4 is 9.64 Å². The number of ether oxygens (including phenoxy) is 2. The molecule has 0 N–H and O–H groups in total. The maximum atomic E-state index is 11.0. The maximum Gasteiger partial charge on any atom is 0.269 e. The van der Waals surface area contributed by atoms with E-state index in [1.807, 2.05) is 18.2 Å². The molecule has 2 aromatic rings. The summed E-state index contributed by atoms with van der Waals surface area (Å²) in [6.45, 7) is 1.93. The Kier molecular flexibility index (Phi) is 4.66. The molecule has 6 nitrogen and oxygen atoms in total. The Balaban J connectivity index is 1.93. The van der Waals surface area contributed by atoms with Gasteiger partial charge in [0.1, 0.15) is 5.75 Å². The minimum absolute atomic E-state index is 0.0879. The SMILES string of the molecule is COCc1cc([N+](=O)[O-])ccc1N1CCc2c(cccc2OC)C1. The molecule has 0 amide bonds. The highest BCUT2D eigenvalue weighted by molar-refractivity contribution is 5.60. The molecule has 126 valence electrons. The van der Waals surface area contributed by atoms with Crippen molar-refractivity contribution < 1.29 is 14.4 Å². The largest absolute Gasteiger partial charge is 0.496 e. The zero-order chi connectivity index (χ0) is 17.1. The Bertz CT molecular complexity index is 761. The van der Waals surface area contributed by atoms with E-state index in [9.17, 15) is 10.1 Å². The molecule has 0 aromatic heterocycles. The first-order valence-corrected chi connectivity index (χ1v) is 7.80. The quantitative estimate of drug-likeness (QED) is 0.622. The van der Waals surface area contributed by atoms with E-state index < -0.39 is 0 Å². The minimum atomic E-state index is -0.376. The average molecular weight is 328 g/mol. The molecule has 2 aromatic carbocycles. The van der Waals surface area contributed by atoms with Crippen LogP contribution in [0.4, 0.5) is 11.4 Å². The summed E-state index contributed by atoms with van der Waals surface area (Å²) in [6.07, 6.45) is 0.878. The number of fused-ring (bicyclic) bond motifs is 1. The first-order chi connectivity index (χ1) is 11.6. The van der Waals surface area contributed by atoms with Crippen LogP contribution in [0.1, 0.15) is 16.7 Å². The number of rotatable bonds is 5. The summed E-state index contributed by atoms with van der Waals surface area (Å²) in [5.74, 6) is 0.924. The van der Waals surface area contributed by atoms with Gasteiger partial charge in [-0.1, -0.05) is 12.1 Å². The van der Waals surface area contributed by atoms with Gasteiger partial charge in [-0.3, -0.25) is 10.1 Å². The van der Waals surface area contributed by atoms with Crippen molar-refractivity contribution in [3.05, 3.63) is 63.2 Å². The van der Waals surface area contributed by atoms with Crippen LogP contribution in [0.2, 0.25) is 0 Å². The normalized spacial score (nSPS) is 13.5. The molecule has 0 spiro atoms. The summed E-state index contributed by atoms with van der Waals surface area (Å²) >= 11 is 0. The lowest BCUT2D eigenvalue weighted by Crippen LogP contribution is -2.31. The van der Waals surface area contributed by atoms with E-state index >= 15 is 0 Å². The van der Waals surface area contributed by atoms with Crippen LogP contribution in [0.5, 0.6) is 5.75 Å².